The molecule has 1 amide bonds. The molecule has 0 bridgehead atoms. The Kier molecular flexibility index (Phi) is 12.6. The minimum absolute atomic E-state index is 0.0521. The quantitative estimate of drug-likeness (QED) is 0.325. The smallest absolute Gasteiger partial charge is 0.475 e. The summed E-state index contributed by atoms with van der Waals surface area (Å²) in [4.78, 5) is 35.4. The zero-order chi connectivity index (χ0) is 32.4. The van der Waals surface area contributed by atoms with Crippen molar-refractivity contribution in [2.24, 2.45) is 0 Å². The summed E-state index contributed by atoms with van der Waals surface area (Å²) in [6.45, 7) is 12.2. The Hall–Kier alpha value is -4.05. The molecule has 16 heteroatoms. The summed E-state index contributed by atoms with van der Waals surface area (Å²) >= 11 is 0. The number of aliphatic carboxylic acids is 2. The molecular weight excluding hydrogens is 588 g/mol. The van der Waals surface area contributed by atoms with Crippen molar-refractivity contribution in [1.29, 1.82) is 0 Å². The van der Waals surface area contributed by atoms with Crippen molar-refractivity contribution < 1.29 is 50.9 Å². The van der Waals surface area contributed by atoms with Gasteiger partial charge in [0, 0.05) is 75.0 Å². The molecule has 0 saturated carbocycles. The molecule has 0 spiro atoms. The van der Waals surface area contributed by atoms with Crippen LogP contribution in [-0.4, -0.2) is 92.8 Å². The molecule has 2 aliphatic heterocycles. The fourth-order valence-electron chi connectivity index (χ4n) is 4.21. The van der Waals surface area contributed by atoms with E-state index in [1.165, 1.54) is 16.9 Å². The molecule has 0 unspecified atom stereocenters. The van der Waals surface area contributed by atoms with Gasteiger partial charge >= 0.3 is 24.3 Å². The molecule has 2 aromatic rings. The van der Waals surface area contributed by atoms with Gasteiger partial charge in [-0.15, -0.1) is 0 Å². The van der Waals surface area contributed by atoms with E-state index in [-0.39, 0.29) is 5.91 Å². The molecule has 2 aromatic carbocycles. The van der Waals surface area contributed by atoms with Crippen molar-refractivity contribution in [2.45, 2.75) is 26.2 Å². The first kappa shape index (κ1) is 35.1. The van der Waals surface area contributed by atoms with Crippen molar-refractivity contribution >= 4 is 34.9 Å². The van der Waals surface area contributed by atoms with Crippen LogP contribution in [0.1, 0.15) is 21.5 Å². The summed E-state index contributed by atoms with van der Waals surface area (Å²) in [5.74, 6) is -5.57. The SMILES string of the molecule is Cc1cc(N2CCNCC2)ccc1C(=O)Nc1ccc(N2CCNCC2)c(C)c1.O=C(O)C(F)(F)F.O=C(O)C(F)(F)F. The third-order valence-corrected chi connectivity index (χ3v) is 6.33. The molecule has 4 rings (SSSR count). The second-order valence-electron chi connectivity index (χ2n) is 9.53. The van der Waals surface area contributed by atoms with Crippen LogP contribution in [0.4, 0.5) is 43.4 Å². The van der Waals surface area contributed by atoms with Crippen molar-refractivity contribution in [3.8, 4) is 0 Å². The lowest BCUT2D eigenvalue weighted by Gasteiger charge is -2.31. The number of nitrogens with zero attached hydrogens (tertiary/aromatic N) is 2. The van der Waals surface area contributed by atoms with E-state index in [0.29, 0.717) is 0 Å². The van der Waals surface area contributed by atoms with Crippen LogP contribution in [-0.2, 0) is 9.59 Å². The third kappa shape index (κ3) is 11.3. The number of carbonyl (C=O) groups excluding carboxylic acids is 1. The highest BCUT2D eigenvalue weighted by Gasteiger charge is 2.38. The van der Waals surface area contributed by atoms with Gasteiger partial charge < -0.3 is 36.0 Å². The minimum atomic E-state index is -5.08. The number of amides is 1. The Labute approximate surface area is 243 Å². The maximum absolute atomic E-state index is 12.9. The zero-order valence-electron chi connectivity index (χ0n) is 23.4. The van der Waals surface area contributed by atoms with E-state index in [1.807, 2.05) is 19.1 Å². The largest absolute Gasteiger partial charge is 0.490 e. The lowest BCUT2D eigenvalue weighted by atomic mass is 10.1. The average Bonchev–Trinajstić information content (AvgIpc) is 2.93. The van der Waals surface area contributed by atoms with Gasteiger partial charge in [-0.3, -0.25) is 4.79 Å². The van der Waals surface area contributed by atoms with Crippen LogP contribution in [0.3, 0.4) is 0 Å². The number of benzene rings is 2. The van der Waals surface area contributed by atoms with Crippen LogP contribution >= 0.6 is 0 Å². The Morgan fingerprint density at radius 3 is 1.60 bits per heavy atom. The summed E-state index contributed by atoms with van der Waals surface area (Å²) in [7, 11) is 0. The number of carboxylic acids is 2. The van der Waals surface area contributed by atoms with Gasteiger partial charge in [-0.1, -0.05) is 0 Å². The molecule has 0 radical (unpaired) electrons. The van der Waals surface area contributed by atoms with Crippen molar-refractivity contribution in [1.82, 2.24) is 10.6 Å². The molecule has 0 aliphatic carbocycles. The summed E-state index contributed by atoms with van der Waals surface area (Å²) in [6, 6.07) is 12.3. The van der Waals surface area contributed by atoms with Gasteiger partial charge in [-0.25, -0.2) is 9.59 Å². The Morgan fingerprint density at radius 1 is 0.721 bits per heavy atom. The van der Waals surface area contributed by atoms with Crippen molar-refractivity contribution in [3.63, 3.8) is 0 Å². The topological polar surface area (TPSA) is 134 Å². The number of hydrogen-bond donors (Lipinski definition) is 5. The van der Waals surface area contributed by atoms with E-state index in [1.54, 1.807) is 0 Å². The number of nitrogens with one attached hydrogen (secondary N) is 3. The minimum Gasteiger partial charge on any atom is -0.475 e. The molecule has 0 atom stereocenters. The number of aryl methyl sites for hydroxylation is 2. The van der Waals surface area contributed by atoms with E-state index in [0.717, 1.165) is 69.2 Å². The van der Waals surface area contributed by atoms with E-state index < -0.39 is 24.3 Å². The standard InChI is InChI=1S/C23H31N5O.2C2HF3O2/c1-17-16-20(27-11-7-24-8-12-27)4-5-21(17)23(29)26-19-3-6-22(18(2)15-19)28-13-9-25-10-14-28;2*3-2(4,5)1(6)7/h3-6,15-16,24-25H,7-14H2,1-2H3,(H,26,29);2*(H,6,7). The van der Waals surface area contributed by atoms with Gasteiger partial charge in [0.05, 0.1) is 0 Å². The summed E-state index contributed by atoms with van der Waals surface area (Å²) in [5, 5.41) is 24.1. The van der Waals surface area contributed by atoms with Crippen LogP contribution in [0.25, 0.3) is 0 Å². The van der Waals surface area contributed by atoms with E-state index >= 15 is 0 Å². The fraction of sp³-hybridized carbons (Fsp3) is 0.444. The van der Waals surface area contributed by atoms with Crippen molar-refractivity contribution in [3.05, 3.63) is 53.1 Å². The van der Waals surface area contributed by atoms with Crippen LogP contribution in [0.15, 0.2) is 36.4 Å². The molecular formula is C27H33F6N5O5. The number of carboxylic acid groups (broad SMARTS) is 2. The maximum Gasteiger partial charge on any atom is 0.490 e. The second-order valence-corrected chi connectivity index (χ2v) is 9.53. The van der Waals surface area contributed by atoms with Gasteiger partial charge in [0.1, 0.15) is 0 Å². The maximum atomic E-state index is 12.9. The molecule has 238 valence electrons. The van der Waals surface area contributed by atoms with Gasteiger partial charge in [0.2, 0.25) is 0 Å². The zero-order valence-corrected chi connectivity index (χ0v) is 23.4. The Morgan fingerprint density at radius 2 is 1.19 bits per heavy atom. The highest BCUT2D eigenvalue weighted by molar-refractivity contribution is 6.05. The molecule has 10 nitrogen and oxygen atoms in total. The summed E-state index contributed by atoms with van der Waals surface area (Å²) in [5.41, 5.74) is 6.21. The number of alkyl halides is 6. The van der Waals surface area contributed by atoms with Crippen LogP contribution < -0.4 is 25.8 Å². The van der Waals surface area contributed by atoms with E-state index in [9.17, 15) is 31.1 Å². The number of carbonyl (C=O) groups is 3. The van der Waals surface area contributed by atoms with Crippen LogP contribution in [0.2, 0.25) is 0 Å². The lowest BCUT2D eigenvalue weighted by Crippen LogP contribution is -2.43. The Bertz CT molecular complexity index is 1240. The first-order valence-electron chi connectivity index (χ1n) is 13.0. The van der Waals surface area contributed by atoms with Crippen LogP contribution in [0.5, 0.6) is 0 Å². The fourth-order valence-corrected chi connectivity index (χ4v) is 4.21. The number of piperazine rings is 2. The van der Waals surface area contributed by atoms with Crippen LogP contribution in [0, 0.1) is 13.8 Å². The van der Waals surface area contributed by atoms with Gasteiger partial charge in [-0.05, 0) is 61.4 Å². The molecule has 43 heavy (non-hydrogen) atoms. The third-order valence-electron chi connectivity index (χ3n) is 6.33. The van der Waals surface area contributed by atoms with Gasteiger partial charge in [-0.2, -0.15) is 26.3 Å². The lowest BCUT2D eigenvalue weighted by molar-refractivity contribution is -0.193. The first-order valence-corrected chi connectivity index (χ1v) is 13.0. The normalized spacial score (nSPS) is 15.3. The predicted octanol–water partition coefficient (Wildman–Crippen LogP) is 3.64. The van der Waals surface area contributed by atoms with E-state index in [4.69, 9.17) is 19.8 Å². The molecule has 2 saturated heterocycles. The first-order chi connectivity index (χ1) is 20.0. The molecule has 5 N–H and O–H groups in total. The van der Waals surface area contributed by atoms with E-state index in [2.05, 4.69) is 56.9 Å². The highest BCUT2D eigenvalue weighted by Crippen LogP contribution is 2.25. The number of halogens is 6. The molecule has 0 aromatic heterocycles. The number of hydrogen-bond acceptors (Lipinski definition) is 7. The Balaban J connectivity index is 0.000000384. The van der Waals surface area contributed by atoms with Gasteiger partial charge in [0.15, 0.2) is 0 Å². The van der Waals surface area contributed by atoms with Gasteiger partial charge in [0.25, 0.3) is 5.91 Å². The summed E-state index contributed by atoms with van der Waals surface area (Å²) < 4.78 is 63.5. The summed E-state index contributed by atoms with van der Waals surface area (Å²) in [6.07, 6.45) is -10.2. The second kappa shape index (κ2) is 15.4. The monoisotopic (exact) mass is 621 g/mol. The highest BCUT2D eigenvalue weighted by atomic mass is 19.4. The average molecular weight is 622 g/mol. The molecule has 2 fully saturated rings. The molecule has 2 heterocycles. The molecule has 2 aliphatic rings. The predicted molar refractivity (Wildman–Crippen MR) is 148 cm³/mol. The number of rotatable bonds is 4. The van der Waals surface area contributed by atoms with Crippen molar-refractivity contribution in [2.75, 3.05) is 67.5 Å². The number of anilines is 3.